The first-order valence-electron chi connectivity index (χ1n) is 13.6. The van der Waals surface area contributed by atoms with E-state index < -0.39 is 35.3 Å². The first-order chi connectivity index (χ1) is 17.5. The second kappa shape index (κ2) is 11.1. The highest BCUT2D eigenvalue weighted by Gasteiger charge is 2.47. The Hall–Kier alpha value is -2.40. The van der Waals surface area contributed by atoms with E-state index in [9.17, 15) is 19.2 Å². The summed E-state index contributed by atoms with van der Waals surface area (Å²) in [6.07, 6.45) is 5.04. The summed E-state index contributed by atoms with van der Waals surface area (Å²) in [7, 11) is 0. The lowest BCUT2D eigenvalue weighted by molar-refractivity contribution is -0.179. The second-order valence-electron chi connectivity index (χ2n) is 12.1. The fourth-order valence-corrected chi connectivity index (χ4v) is 6.12. The zero-order chi connectivity index (χ0) is 26.7. The van der Waals surface area contributed by atoms with Crippen molar-refractivity contribution in [3.63, 3.8) is 0 Å². The lowest BCUT2D eigenvalue weighted by Crippen LogP contribution is -2.57. The van der Waals surface area contributed by atoms with Gasteiger partial charge < -0.3 is 29.3 Å². The number of amides is 2. The molecule has 11 heteroatoms. The van der Waals surface area contributed by atoms with E-state index in [0.717, 1.165) is 51.6 Å². The maximum atomic E-state index is 12.6. The molecule has 4 rings (SSSR count). The van der Waals surface area contributed by atoms with Crippen molar-refractivity contribution in [2.45, 2.75) is 84.0 Å². The third kappa shape index (κ3) is 6.73. The fourth-order valence-electron chi connectivity index (χ4n) is 6.12. The highest BCUT2D eigenvalue weighted by atomic mass is 16.6. The largest absolute Gasteiger partial charge is 0.444 e. The molecule has 2 N–H and O–H groups in total. The minimum absolute atomic E-state index is 0.206. The quantitative estimate of drug-likeness (QED) is 0.231. The van der Waals surface area contributed by atoms with E-state index in [4.69, 9.17) is 14.2 Å². The van der Waals surface area contributed by atoms with Crippen molar-refractivity contribution in [3.8, 4) is 0 Å². The summed E-state index contributed by atoms with van der Waals surface area (Å²) in [5, 5.41) is 6.65. The predicted octanol–water partition coefficient (Wildman–Crippen LogP) is 2.39. The Morgan fingerprint density at radius 2 is 1.41 bits per heavy atom. The Morgan fingerprint density at radius 1 is 0.784 bits per heavy atom. The number of esters is 2. The van der Waals surface area contributed by atoms with Gasteiger partial charge in [0.05, 0.1) is 0 Å². The minimum atomic E-state index is -1.29. The van der Waals surface area contributed by atoms with Crippen molar-refractivity contribution in [2.24, 2.45) is 10.8 Å². The molecule has 0 radical (unpaired) electrons. The van der Waals surface area contributed by atoms with Crippen LogP contribution >= 0.6 is 0 Å². The van der Waals surface area contributed by atoms with Crippen LogP contribution in [0, 0.1) is 10.8 Å². The van der Waals surface area contributed by atoms with E-state index >= 15 is 0 Å². The molecule has 2 amide bonds. The van der Waals surface area contributed by atoms with Crippen LogP contribution in [-0.4, -0.2) is 91.6 Å². The summed E-state index contributed by atoms with van der Waals surface area (Å²) in [6, 6.07) is 0. The van der Waals surface area contributed by atoms with Gasteiger partial charge in [0.25, 0.3) is 0 Å². The van der Waals surface area contributed by atoms with Gasteiger partial charge in [-0.3, -0.25) is 5.32 Å². The van der Waals surface area contributed by atoms with Gasteiger partial charge in [-0.05, 0) is 90.6 Å². The van der Waals surface area contributed by atoms with Crippen LogP contribution in [0.2, 0.25) is 0 Å². The van der Waals surface area contributed by atoms with E-state index in [1.807, 2.05) is 20.8 Å². The average Bonchev–Trinajstić information content (AvgIpc) is 2.85. The molecule has 1 unspecified atom stereocenters. The second-order valence-corrected chi connectivity index (χ2v) is 12.1. The van der Waals surface area contributed by atoms with Gasteiger partial charge >= 0.3 is 24.1 Å². The number of hydrogen-bond donors (Lipinski definition) is 2. The molecular formula is C26H42N4O7. The standard InChI is InChI=1S/C26H42N4O7/c1-24(2,3)37-23(34)30-16-10-26(11-17-30)7-5-13-28-21(26)35-19(31)20(32)36-22(33)29-14-8-25(9-15-29)6-4-12-27-18-25/h21,27-28H,4-18H2,1-3H3. The summed E-state index contributed by atoms with van der Waals surface area (Å²) in [4.78, 5) is 53.3. The van der Waals surface area contributed by atoms with E-state index in [1.165, 1.54) is 4.90 Å². The number of likely N-dealkylation sites (tertiary alicyclic amines) is 2. The van der Waals surface area contributed by atoms with Crippen LogP contribution < -0.4 is 10.6 Å². The average molecular weight is 523 g/mol. The first-order valence-corrected chi connectivity index (χ1v) is 13.6. The fraction of sp³-hybridized carbons (Fsp3) is 0.846. The highest BCUT2D eigenvalue weighted by Crippen LogP contribution is 2.42. The number of nitrogens with one attached hydrogen (secondary N) is 2. The molecule has 0 aromatic carbocycles. The molecular weight excluding hydrogens is 480 g/mol. The smallest absolute Gasteiger partial charge is 0.426 e. The van der Waals surface area contributed by atoms with Crippen molar-refractivity contribution in [2.75, 3.05) is 45.8 Å². The van der Waals surface area contributed by atoms with Crippen molar-refractivity contribution in [1.29, 1.82) is 0 Å². The molecule has 4 heterocycles. The molecule has 37 heavy (non-hydrogen) atoms. The van der Waals surface area contributed by atoms with Crippen molar-refractivity contribution in [1.82, 2.24) is 20.4 Å². The normalized spacial score (nSPS) is 25.4. The third-order valence-corrected chi connectivity index (χ3v) is 8.36. The molecule has 4 fully saturated rings. The van der Waals surface area contributed by atoms with Crippen LogP contribution in [0.5, 0.6) is 0 Å². The Kier molecular flexibility index (Phi) is 8.32. The molecule has 4 aliphatic rings. The topological polar surface area (TPSA) is 127 Å². The zero-order valence-electron chi connectivity index (χ0n) is 22.4. The number of nitrogens with zero attached hydrogens (tertiary/aromatic N) is 2. The molecule has 0 aliphatic carbocycles. The SMILES string of the molecule is CC(C)(C)OC(=O)N1CCC2(CCCNC2OC(=O)C(=O)OC(=O)N2CCC3(CCCNC3)CC2)CC1. The molecule has 4 saturated heterocycles. The van der Waals surface area contributed by atoms with E-state index in [-0.39, 0.29) is 11.5 Å². The van der Waals surface area contributed by atoms with Gasteiger partial charge in [0, 0.05) is 38.1 Å². The molecule has 0 bridgehead atoms. The van der Waals surface area contributed by atoms with Crippen LogP contribution in [0.1, 0.15) is 72.1 Å². The van der Waals surface area contributed by atoms with Crippen LogP contribution in [0.4, 0.5) is 9.59 Å². The maximum Gasteiger partial charge on any atom is 0.426 e. The predicted molar refractivity (Wildman–Crippen MR) is 133 cm³/mol. The molecule has 0 aromatic rings. The summed E-state index contributed by atoms with van der Waals surface area (Å²) in [6.45, 7) is 10.1. The van der Waals surface area contributed by atoms with Gasteiger partial charge in [-0.25, -0.2) is 19.2 Å². The van der Waals surface area contributed by atoms with E-state index in [0.29, 0.717) is 45.6 Å². The van der Waals surface area contributed by atoms with E-state index in [2.05, 4.69) is 10.6 Å². The minimum Gasteiger partial charge on any atom is -0.444 e. The van der Waals surface area contributed by atoms with Crippen LogP contribution in [-0.2, 0) is 23.8 Å². The highest BCUT2D eigenvalue weighted by molar-refractivity contribution is 6.31. The Balaban J connectivity index is 1.27. The number of carbonyl (C=O) groups excluding carboxylic acids is 4. The number of hydrogen-bond acceptors (Lipinski definition) is 9. The summed E-state index contributed by atoms with van der Waals surface area (Å²) in [5.74, 6) is -2.47. The van der Waals surface area contributed by atoms with Crippen LogP contribution in [0.3, 0.4) is 0 Å². The molecule has 4 aliphatic heterocycles. The molecule has 2 spiro atoms. The third-order valence-electron chi connectivity index (χ3n) is 8.36. The van der Waals surface area contributed by atoms with Crippen molar-refractivity contribution < 1.29 is 33.4 Å². The first kappa shape index (κ1) is 27.6. The number of piperidine rings is 4. The van der Waals surface area contributed by atoms with Crippen LogP contribution in [0.15, 0.2) is 0 Å². The number of carbonyl (C=O) groups is 4. The van der Waals surface area contributed by atoms with Gasteiger partial charge in [-0.2, -0.15) is 0 Å². The Labute approximate surface area is 218 Å². The van der Waals surface area contributed by atoms with Gasteiger partial charge in [0.15, 0.2) is 6.23 Å². The van der Waals surface area contributed by atoms with Crippen molar-refractivity contribution >= 4 is 24.1 Å². The zero-order valence-corrected chi connectivity index (χ0v) is 22.4. The molecule has 0 aromatic heterocycles. The molecule has 208 valence electrons. The molecule has 11 nitrogen and oxygen atoms in total. The number of rotatable bonds is 1. The maximum absolute atomic E-state index is 12.6. The van der Waals surface area contributed by atoms with Gasteiger partial charge in [-0.1, -0.05) is 0 Å². The lowest BCUT2D eigenvalue weighted by Gasteiger charge is -2.48. The Morgan fingerprint density at radius 3 is 2.03 bits per heavy atom. The van der Waals surface area contributed by atoms with Crippen molar-refractivity contribution in [3.05, 3.63) is 0 Å². The Bertz CT molecular complexity index is 863. The monoisotopic (exact) mass is 522 g/mol. The summed E-state index contributed by atoms with van der Waals surface area (Å²) < 4.78 is 15.9. The van der Waals surface area contributed by atoms with E-state index in [1.54, 1.807) is 4.90 Å². The molecule has 1 atom stereocenters. The van der Waals surface area contributed by atoms with Gasteiger partial charge in [-0.15, -0.1) is 0 Å². The summed E-state index contributed by atoms with van der Waals surface area (Å²) >= 11 is 0. The lowest BCUT2D eigenvalue weighted by atomic mass is 9.71. The summed E-state index contributed by atoms with van der Waals surface area (Å²) in [5.41, 5.74) is -0.763. The van der Waals surface area contributed by atoms with Gasteiger partial charge in [0.1, 0.15) is 5.60 Å². The van der Waals surface area contributed by atoms with Crippen LogP contribution in [0.25, 0.3) is 0 Å². The number of ether oxygens (including phenoxy) is 3. The molecule has 0 saturated carbocycles. The van der Waals surface area contributed by atoms with Gasteiger partial charge in [0.2, 0.25) is 0 Å².